The van der Waals surface area contributed by atoms with Crippen molar-refractivity contribution in [2.45, 2.75) is 45.6 Å². The summed E-state index contributed by atoms with van der Waals surface area (Å²) in [6, 6.07) is 36.8. The van der Waals surface area contributed by atoms with Crippen LogP contribution in [0.4, 0.5) is 11.5 Å². The molecule has 1 aliphatic rings. The van der Waals surface area contributed by atoms with Gasteiger partial charge in [0.25, 0.3) is 5.56 Å². The molecule has 10 heteroatoms. The molecule has 262 valence electrons. The zero-order valence-electron chi connectivity index (χ0n) is 29.0. The molecule has 0 saturated carbocycles. The van der Waals surface area contributed by atoms with Crippen molar-refractivity contribution in [1.29, 1.82) is 0 Å². The van der Waals surface area contributed by atoms with Crippen LogP contribution >= 0.6 is 12.4 Å². The van der Waals surface area contributed by atoms with Crippen LogP contribution in [0.2, 0.25) is 0 Å². The van der Waals surface area contributed by atoms with Crippen LogP contribution in [0, 0.1) is 0 Å². The van der Waals surface area contributed by atoms with Crippen molar-refractivity contribution in [3.63, 3.8) is 0 Å². The summed E-state index contributed by atoms with van der Waals surface area (Å²) in [6.07, 6.45) is 1.66. The largest absolute Gasteiger partial charge is 0.485 e. The van der Waals surface area contributed by atoms with Gasteiger partial charge >= 0.3 is 5.69 Å². The van der Waals surface area contributed by atoms with Crippen LogP contribution in [0.25, 0.3) is 0 Å². The minimum Gasteiger partial charge on any atom is -0.485 e. The monoisotopic (exact) mass is 695 g/mol. The van der Waals surface area contributed by atoms with Crippen molar-refractivity contribution >= 4 is 23.9 Å². The fourth-order valence-electron chi connectivity index (χ4n) is 6.23. The molecule has 9 nitrogen and oxygen atoms in total. The number of nitrogens with one attached hydrogen (secondary N) is 1. The van der Waals surface area contributed by atoms with Gasteiger partial charge in [-0.1, -0.05) is 97.1 Å². The number of nitrogens with zero attached hydrogens (tertiary/aromatic N) is 4. The molecule has 0 aliphatic carbocycles. The molecule has 6 rings (SSSR count). The summed E-state index contributed by atoms with van der Waals surface area (Å²) in [5.74, 6) is 2.13. The van der Waals surface area contributed by atoms with Crippen molar-refractivity contribution in [2.75, 3.05) is 29.6 Å². The summed E-state index contributed by atoms with van der Waals surface area (Å²) in [4.78, 5) is 30.4. The van der Waals surface area contributed by atoms with E-state index >= 15 is 0 Å². The highest BCUT2D eigenvalue weighted by Crippen LogP contribution is 2.33. The first-order valence-corrected chi connectivity index (χ1v) is 16.9. The van der Waals surface area contributed by atoms with E-state index in [0.29, 0.717) is 44.5 Å². The fourth-order valence-corrected chi connectivity index (χ4v) is 6.23. The van der Waals surface area contributed by atoms with Crippen LogP contribution in [-0.4, -0.2) is 34.9 Å². The number of hydrogen-bond acceptors (Lipinski definition) is 7. The normalized spacial score (nSPS) is 12.7. The fraction of sp³-hybridized carbons (Fsp3) is 0.300. The minimum atomic E-state index is -0.317. The van der Waals surface area contributed by atoms with Gasteiger partial charge < -0.3 is 24.6 Å². The summed E-state index contributed by atoms with van der Waals surface area (Å²) in [5, 5.41) is 3.66. The molecule has 0 fully saturated rings. The lowest BCUT2D eigenvalue weighted by molar-refractivity contribution is 0.255. The molecule has 0 radical (unpaired) electrons. The third-order valence-corrected chi connectivity index (χ3v) is 9.00. The van der Waals surface area contributed by atoms with Crippen LogP contribution in [0.1, 0.15) is 35.6 Å². The molecule has 5 aromatic rings. The Balaban J connectivity index is 0.00000486. The number of hydrogen-bond donors (Lipinski definition) is 1. The zero-order chi connectivity index (χ0) is 34.2. The average molecular weight is 696 g/mol. The molecule has 2 heterocycles. The minimum absolute atomic E-state index is 0. The van der Waals surface area contributed by atoms with Gasteiger partial charge in [0, 0.05) is 33.2 Å². The van der Waals surface area contributed by atoms with E-state index in [1.54, 1.807) is 18.7 Å². The number of rotatable bonds is 15. The summed E-state index contributed by atoms with van der Waals surface area (Å²) in [7, 11) is 3.29. The van der Waals surface area contributed by atoms with Gasteiger partial charge in [0.1, 0.15) is 24.7 Å². The van der Waals surface area contributed by atoms with Crippen LogP contribution in [-0.2, 0) is 40.3 Å². The maximum absolute atomic E-state index is 13.4. The van der Waals surface area contributed by atoms with Gasteiger partial charge in [-0.25, -0.2) is 4.79 Å². The van der Waals surface area contributed by atoms with Crippen LogP contribution in [0.15, 0.2) is 119 Å². The Bertz CT molecular complexity index is 1950. The SMILES string of the molecule is CC(CCN1CN(Cc2ccccc2)c2c1c(=O)n(C)c(=O)n2C)NCCc1ccc(OCc2ccccc2)c(OCc2ccccc2)c1.Cl. The molecule has 0 saturated heterocycles. The van der Waals surface area contributed by atoms with Crippen LogP contribution < -0.4 is 35.8 Å². The molecule has 1 aromatic heterocycles. The highest BCUT2D eigenvalue weighted by molar-refractivity contribution is 5.85. The van der Waals surface area contributed by atoms with Gasteiger partial charge in [-0.15, -0.1) is 12.4 Å². The first kappa shape index (κ1) is 36.3. The van der Waals surface area contributed by atoms with Crippen molar-refractivity contribution in [1.82, 2.24) is 14.5 Å². The van der Waals surface area contributed by atoms with Gasteiger partial charge in [0.05, 0.1) is 6.67 Å². The molecule has 0 amide bonds. The van der Waals surface area contributed by atoms with E-state index in [2.05, 4.69) is 70.6 Å². The molecule has 1 aliphatic heterocycles. The Labute approximate surface area is 300 Å². The third kappa shape index (κ3) is 8.77. The molecule has 0 spiro atoms. The number of benzene rings is 4. The lowest BCUT2D eigenvalue weighted by Crippen LogP contribution is -2.40. The number of anilines is 2. The third-order valence-electron chi connectivity index (χ3n) is 9.00. The molecule has 1 N–H and O–H groups in total. The van der Waals surface area contributed by atoms with E-state index in [0.717, 1.165) is 53.1 Å². The van der Waals surface area contributed by atoms with E-state index in [1.165, 1.54) is 4.57 Å². The summed E-state index contributed by atoms with van der Waals surface area (Å²) >= 11 is 0. The second-order valence-corrected chi connectivity index (χ2v) is 12.7. The van der Waals surface area contributed by atoms with Crippen molar-refractivity contribution < 1.29 is 9.47 Å². The topological polar surface area (TPSA) is 81.0 Å². The summed E-state index contributed by atoms with van der Waals surface area (Å²) in [6.45, 7) is 5.74. The molecule has 1 atom stereocenters. The van der Waals surface area contributed by atoms with E-state index in [4.69, 9.17) is 9.47 Å². The van der Waals surface area contributed by atoms with E-state index in [9.17, 15) is 9.59 Å². The Hall–Kier alpha value is -4.99. The number of aromatic nitrogens is 2. The Morgan fingerprint density at radius 1 is 0.700 bits per heavy atom. The van der Waals surface area contributed by atoms with Gasteiger partial charge in [-0.2, -0.15) is 0 Å². The predicted octanol–water partition coefficient (Wildman–Crippen LogP) is 6.06. The van der Waals surface area contributed by atoms with Gasteiger partial charge in [0.2, 0.25) is 0 Å². The standard InChI is InChI=1S/C40H45N5O4.ClH/c1-30(22-24-44-29-45(26-32-13-7-4-8-14-32)38-37(44)39(46)43(3)40(47)42(38)2)41-23-21-31-19-20-35(48-27-33-15-9-5-10-16-33)36(25-31)49-28-34-17-11-6-12-18-34;/h4-20,25,30,41H,21-24,26-29H2,1-3H3;1H. The van der Waals surface area contributed by atoms with E-state index in [1.807, 2.05) is 60.7 Å². The second-order valence-electron chi connectivity index (χ2n) is 12.7. The highest BCUT2D eigenvalue weighted by atomic mass is 35.5. The average Bonchev–Trinajstić information content (AvgIpc) is 3.50. The van der Waals surface area contributed by atoms with Gasteiger partial charge in [-0.3, -0.25) is 13.9 Å². The van der Waals surface area contributed by atoms with E-state index in [-0.39, 0.29) is 29.7 Å². The smallest absolute Gasteiger partial charge is 0.332 e. The van der Waals surface area contributed by atoms with Crippen LogP contribution in [0.5, 0.6) is 11.5 Å². The van der Waals surface area contributed by atoms with Crippen molar-refractivity contribution in [3.8, 4) is 11.5 Å². The molecule has 4 aromatic carbocycles. The first-order chi connectivity index (χ1) is 23.9. The zero-order valence-corrected chi connectivity index (χ0v) is 29.8. The van der Waals surface area contributed by atoms with Gasteiger partial charge in [0.15, 0.2) is 11.5 Å². The highest BCUT2D eigenvalue weighted by Gasteiger charge is 2.32. The summed E-state index contributed by atoms with van der Waals surface area (Å²) < 4.78 is 15.3. The Kier molecular flexibility index (Phi) is 12.4. The maximum atomic E-state index is 13.4. The molecular formula is C40H46ClN5O4. The van der Waals surface area contributed by atoms with Crippen LogP contribution in [0.3, 0.4) is 0 Å². The molecule has 50 heavy (non-hydrogen) atoms. The Morgan fingerprint density at radius 3 is 1.90 bits per heavy atom. The Morgan fingerprint density at radius 2 is 1.28 bits per heavy atom. The quantitative estimate of drug-likeness (QED) is 0.143. The maximum Gasteiger partial charge on any atom is 0.332 e. The lowest BCUT2D eigenvalue weighted by atomic mass is 10.1. The second kappa shape index (κ2) is 17.1. The number of fused-ring (bicyclic) bond motifs is 1. The van der Waals surface area contributed by atoms with E-state index < -0.39 is 0 Å². The lowest BCUT2D eigenvalue weighted by Gasteiger charge is -2.23. The molecule has 0 bridgehead atoms. The number of ether oxygens (including phenoxy) is 2. The first-order valence-electron chi connectivity index (χ1n) is 16.9. The molecular weight excluding hydrogens is 650 g/mol. The predicted molar refractivity (Wildman–Crippen MR) is 203 cm³/mol. The number of halogens is 1. The van der Waals surface area contributed by atoms with Gasteiger partial charge in [-0.05, 0) is 60.7 Å². The van der Waals surface area contributed by atoms with Crippen molar-refractivity contribution in [3.05, 3.63) is 152 Å². The van der Waals surface area contributed by atoms with Crippen molar-refractivity contribution in [2.24, 2.45) is 14.1 Å². The summed E-state index contributed by atoms with van der Waals surface area (Å²) in [5.41, 5.74) is 4.50. The molecule has 1 unspecified atom stereocenters.